The first kappa shape index (κ1) is 12.2. The molecule has 0 aliphatic rings. The fourth-order valence-electron chi connectivity index (χ4n) is 1.94. The molecule has 0 saturated carbocycles. The molecular formula is C17H12N2O. The van der Waals surface area contributed by atoms with Crippen molar-refractivity contribution in [2.75, 3.05) is 7.11 Å². The molecule has 0 aliphatic carbocycles. The minimum absolute atomic E-state index is 0.719. The summed E-state index contributed by atoms with van der Waals surface area (Å²) >= 11 is 0. The average Bonchev–Trinajstić information content (AvgIpc) is 2.53. The Bertz CT molecular complexity index is 801. The molecule has 3 aromatic rings. The Morgan fingerprint density at radius 2 is 1.80 bits per heavy atom. The molecule has 2 aromatic heterocycles. The van der Waals surface area contributed by atoms with Crippen molar-refractivity contribution < 1.29 is 4.74 Å². The predicted octanol–water partition coefficient (Wildman–Crippen LogP) is 3.04. The Morgan fingerprint density at radius 1 is 0.900 bits per heavy atom. The summed E-state index contributed by atoms with van der Waals surface area (Å²) < 4.78 is 5.31. The molecule has 96 valence electrons. The Kier molecular flexibility index (Phi) is 3.30. The van der Waals surface area contributed by atoms with Crippen LogP contribution in [0, 0.1) is 11.8 Å². The van der Waals surface area contributed by atoms with E-state index in [1.54, 1.807) is 13.3 Å². The molecule has 0 amide bonds. The maximum absolute atomic E-state index is 5.31. The van der Waals surface area contributed by atoms with Crippen molar-refractivity contribution in [3.63, 3.8) is 0 Å². The summed E-state index contributed by atoms with van der Waals surface area (Å²) in [7, 11) is 1.66. The van der Waals surface area contributed by atoms with Crippen molar-refractivity contribution in [3.05, 3.63) is 66.1 Å². The van der Waals surface area contributed by atoms with Crippen molar-refractivity contribution in [3.8, 4) is 17.6 Å². The van der Waals surface area contributed by atoms with Gasteiger partial charge < -0.3 is 4.74 Å². The number of rotatable bonds is 1. The molecule has 20 heavy (non-hydrogen) atoms. The van der Waals surface area contributed by atoms with Gasteiger partial charge in [0, 0.05) is 11.6 Å². The van der Waals surface area contributed by atoms with Gasteiger partial charge in [-0.1, -0.05) is 12.1 Å². The maximum Gasteiger partial charge on any atom is 0.128 e. The molecule has 3 heteroatoms. The molecule has 3 rings (SSSR count). The Balaban J connectivity index is 2.00. The van der Waals surface area contributed by atoms with Gasteiger partial charge in [0.25, 0.3) is 0 Å². The van der Waals surface area contributed by atoms with Crippen LogP contribution in [0.15, 0.2) is 54.7 Å². The normalized spacial score (nSPS) is 9.85. The van der Waals surface area contributed by atoms with Crippen LogP contribution in [0.5, 0.6) is 5.75 Å². The van der Waals surface area contributed by atoms with Crippen LogP contribution in [0.4, 0.5) is 0 Å². The lowest BCUT2D eigenvalue weighted by Crippen LogP contribution is -1.89. The molecular weight excluding hydrogens is 248 g/mol. The lowest BCUT2D eigenvalue weighted by atomic mass is 10.2. The molecule has 0 bridgehead atoms. The largest absolute Gasteiger partial charge is 0.496 e. The first-order valence-electron chi connectivity index (χ1n) is 6.23. The standard InChI is InChI=1S/C17H12N2O/c1-20-17-7-4-6-16-15(17)11-10-14(19-16)9-8-13-5-2-3-12-18-13/h2-7,10-12H,1H3. The van der Waals surface area contributed by atoms with Crippen LogP contribution >= 0.6 is 0 Å². The van der Waals surface area contributed by atoms with E-state index in [9.17, 15) is 0 Å². The van der Waals surface area contributed by atoms with Gasteiger partial charge in [-0.25, -0.2) is 9.97 Å². The third-order valence-electron chi connectivity index (χ3n) is 2.90. The smallest absolute Gasteiger partial charge is 0.128 e. The van der Waals surface area contributed by atoms with Crippen molar-refractivity contribution in [2.45, 2.75) is 0 Å². The number of pyridine rings is 2. The number of benzene rings is 1. The van der Waals surface area contributed by atoms with Gasteiger partial charge in [0.2, 0.25) is 0 Å². The second-order valence-corrected chi connectivity index (χ2v) is 4.19. The second-order valence-electron chi connectivity index (χ2n) is 4.19. The van der Waals surface area contributed by atoms with E-state index in [1.807, 2.05) is 48.5 Å². The lowest BCUT2D eigenvalue weighted by Gasteiger charge is -2.04. The van der Waals surface area contributed by atoms with Crippen molar-refractivity contribution >= 4 is 10.9 Å². The highest BCUT2D eigenvalue weighted by Gasteiger charge is 2.01. The third-order valence-corrected chi connectivity index (χ3v) is 2.90. The van der Waals surface area contributed by atoms with E-state index in [2.05, 4.69) is 21.8 Å². The molecule has 3 nitrogen and oxygen atoms in total. The van der Waals surface area contributed by atoms with Crippen LogP contribution in [-0.4, -0.2) is 17.1 Å². The van der Waals surface area contributed by atoms with Gasteiger partial charge in [0.05, 0.1) is 12.6 Å². The SMILES string of the molecule is COc1cccc2nc(C#Cc3ccccn3)ccc12. The van der Waals surface area contributed by atoms with E-state index >= 15 is 0 Å². The van der Waals surface area contributed by atoms with E-state index in [-0.39, 0.29) is 0 Å². The summed E-state index contributed by atoms with van der Waals surface area (Å²) in [6.07, 6.45) is 1.72. The molecule has 0 aliphatic heterocycles. The number of nitrogens with zero attached hydrogens (tertiary/aromatic N) is 2. The molecule has 0 spiro atoms. The van der Waals surface area contributed by atoms with Gasteiger partial charge in [-0.2, -0.15) is 0 Å². The number of hydrogen-bond acceptors (Lipinski definition) is 3. The number of aromatic nitrogens is 2. The molecule has 0 atom stereocenters. The van der Waals surface area contributed by atoms with Crippen LogP contribution in [0.25, 0.3) is 10.9 Å². The number of ether oxygens (including phenoxy) is 1. The molecule has 0 N–H and O–H groups in total. The van der Waals surface area contributed by atoms with Gasteiger partial charge in [0.1, 0.15) is 17.1 Å². The van der Waals surface area contributed by atoms with Crippen molar-refractivity contribution in [2.24, 2.45) is 0 Å². The predicted molar refractivity (Wildman–Crippen MR) is 78.5 cm³/mol. The van der Waals surface area contributed by atoms with Crippen LogP contribution in [0.3, 0.4) is 0 Å². The molecule has 2 heterocycles. The Morgan fingerprint density at radius 3 is 2.60 bits per heavy atom. The van der Waals surface area contributed by atoms with Crippen molar-refractivity contribution in [1.29, 1.82) is 0 Å². The van der Waals surface area contributed by atoms with Crippen LogP contribution in [-0.2, 0) is 0 Å². The molecule has 0 fully saturated rings. The fraction of sp³-hybridized carbons (Fsp3) is 0.0588. The highest BCUT2D eigenvalue weighted by atomic mass is 16.5. The van der Waals surface area contributed by atoms with E-state index < -0.39 is 0 Å². The quantitative estimate of drug-likeness (QED) is 0.631. The van der Waals surface area contributed by atoms with Gasteiger partial charge >= 0.3 is 0 Å². The number of fused-ring (bicyclic) bond motifs is 1. The molecule has 0 unspecified atom stereocenters. The summed E-state index contributed by atoms with van der Waals surface area (Å²) in [6, 6.07) is 15.3. The van der Waals surface area contributed by atoms with E-state index in [4.69, 9.17) is 4.74 Å². The van der Waals surface area contributed by atoms with Crippen LogP contribution < -0.4 is 4.74 Å². The Labute approximate surface area is 117 Å². The zero-order chi connectivity index (χ0) is 13.8. The summed E-state index contributed by atoms with van der Waals surface area (Å²) in [4.78, 5) is 8.68. The topological polar surface area (TPSA) is 35.0 Å². The minimum Gasteiger partial charge on any atom is -0.496 e. The summed E-state index contributed by atoms with van der Waals surface area (Å²) in [6.45, 7) is 0. The first-order valence-corrected chi connectivity index (χ1v) is 6.23. The average molecular weight is 260 g/mol. The monoisotopic (exact) mass is 260 g/mol. The number of methoxy groups -OCH3 is 1. The summed E-state index contributed by atoms with van der Waals surface area (Å²) in [5.41, 5.74) is 2.33. The van der Waals surface area contributed by atoms with Gasteiger partial charge in [0.15, 0.2) is 0 Å². The fourth-order valence-corrected chi connectivity index (χ4v) is 1.94. The van der Waals surface area contributed by atoms with Crippen LogP contribution in [0.1, 0.15) is 11.4 Å². The van der Waals surface area contributed by atoms with E-state index in [0.29, 0.717) is 0 Å². The van der Waals surface area contributed by atoms with E-state index in [1.165, 1.54) is 0 Å². The second kappa shape index (κ2) is 5.41. The molecule has 0 radical (unpaired) electrons. The lowest BCUT2D eigenvalue weighted by molar-refractivity contribution is 0.420. The zero-order valence-corrected chi connectivity index (χ0v) is 11.0. The van der Waals surface area contributed by atoms with Crippen LogP contribution in [0.2, 0.25) is 0 Å². The third kappa shape index (κ3) is 2.45. The first-order chi connectivity index (χ1) is 9.86. The zero-order valence-electron chi connectivity index (χ0n) is 11.0. The highest BCUT2D eigenvalue weighted by molar-refractivity contribution is 5.85. The number of hydrogen-bond donors (Lipinski definition) is 0. The highest BCUT2D eigenvalue weighted by Crippen LogP contribution is 2.23. The summed E-state index contributed by atoms with van der Waals surface area (Å²) in [5, 5.41) is 0.985. The van der Waals surface area contributed by atoms with Crippen molar-refractivity contribution in [1.82, 2.24) is 9.97 Å². The Hall–Kier alpha value is -2.86. The maximum atomic E-state index is 5.31. The van der Waals surface area contributed by atoms with Gasteiger partial charge in [-0.05, 0) is 48.2 Å². The van der Waals surface area contributed by atoms with Gasteiger partial charge in [-0.3, -0.25) is 0 Å². The molecule has 1 aromatic carbocycles. The van der Waals surface area contributed by atoms with E-state index in [0.717, 1.165) is 28.0 Å². The van der Waals surface area contributed by atoms with Gasteiger partial charge in [-0.15, -0.1) is 0 Å². The minimum atomic E-state index is 0.719. The summed E-state index contributed by atoms with van der Waals surface area (Å²) in [5.74, 6) is 6.84. The molecule has 0 saturated heterocycles.